The van der Waals surface area contributed by atoms with Crippen molar-refractivity contribution in [2.75, 3.05) is 13.7 Å². The topological polar surface area (TPSA) is 71.5 Å². The maximum atomic E-state index is 12.7. The summed E-state index contributed by atoms with van der Waals surface area (Å²) in [5.41, 5.74) is 5.93. The van der Waals surface area contributed by atoms with E-state index in [9.17, 15) is 22.4 Å². The summed E-state index contributed by atoms with van der Waals surface area (Å²) in [5.74, 6) is -0.231. The van der Waals surface area contributed by atoms with Crippen molar-refractivity contribution < 1.29 is 32.2 Å². The number of benzene rings is 3. The third kappa shape index (κ3) is 9.40. The zero-order chi connectivity index (χ0) is 33.1. The first-order chi connectivity index (χ1) is 21.5. The lowest BCUT2D eigenvalue weighted by Crippen LogP contribution is -2.23. The van der Waals surface area contributed by atoms with Crippen molar-refractivity contribution in [1.82, 2.24) is 10.3 Å². The highest BCUT2D eigenvalue weighted by molar-refractivity contribution is 5.87. The minimum absolute atomic E-state index is 0.0496. The molecule has 0 aliphatic carbocycles. The Morgan fingerprint density at radius 1 is 0.978 bits per heavy atom. The van der Waals surface area contributed by atoms with Gasteiger partial charge in [-0.05, 0) is 97.8 Å². The monoisotopic (exact) mass is 620 g/mol. The van der Waals surface area contributed by atoms with Gasteiger partial charge in [-0.15, -0.1) is 12.8 Å². The number of pyridine rings is 1. The maximum absolute atomic E-state index is 12.7. The Hall–Kier alpha value is -4.68. The molecule has 3 aromatic carbocycles. The number of aromatic carboxylic acids is 1. The highest BCUT2D eigenvalue weighted by Crippen LogP contribution is 2.35. The maximum Gasteiger partial charge on any atom is 0.416 e. The summed E-state index contributed by atoms with van der Waals surface area (Å²) in [7, 11) is 1.65. The molecule has 0 spiro atoms. The van der Waals surface area contributed by atoms with Crippen LogP contribution >= 0.6 is 0 Å². The Bertz CT molecular complexity index is 1610. The van der Waals surface area contributed by atoms with E-state index < -0.39 is 24.4 Å². The zero-order valence-electron chi connectivity index (χ0n) is 25.4. The van der Waals surface area contributed by atoms with Crippen LogP contribution in [0.15, 0.2) is 72.9 Å². The second-order valence-electron chi connectivity index (χ2n) is 10.6. The molecule has 5 nitrogen and oxygen atoms in total. The van der Waals surface area contributed by atoms with Crippen molar-refractivity contribution in [3.8, 4) is 40.9 Å². The van der Waals surface area contributed by atoms with Gasteiger partial charge in [0.25, 0.3) is 0 Å². The van der Waals surface area contributed by atoms with Crippen LogP contribution in [0.4, 0.5) is 17.6 Å². The number of carboxylic acid groups (broad SMARTS) is 1. The number of hydrogen-bond acceptors (Lipinski definition) is 4. The number of alkyl halides is 4. The summed E-state index contributed by atoms with van der Waals surface area (Å²) in [6.45, 7) is 3.98. The quantitative estimate of drug-likeness (QED) is 0.160. The molecule has 0 bridgehead atoms. The highest BCUT2D eigenvalue weighted by Gasteiger charge is 2.31. The number of carboxylic acids is 1. The Balaban J connectivity index is 0.000000244. The van der Waals surface area contributed by atoms with E-state index in [4.69, 9.17) is 9.84 Å². The van der Waals surface area contributed by atoms with E-state index in [1.807, 2.05) is 25.1 Å². The van der Waals surface area contributed by atoms with Crippen molar-refractivity contribution in [2.24, 2.45) is 0 Å². The zero-order valence-corrected chi connectivity index (χ0v) is 25.4. The van der Waals surface area contributed by atoms with Crippen LogP contribution in [0.2, 0.25) is 0 Å². The number of nitrogens with zero attached hydrogens (tertiary/aromatic N) is 1. The van der Waals surface area contributed by atoms with Crippen molar-refractivity contribution in [2.45, 2.75) is 52.0 Å². The molecular weight excluding hydrogens is 584 g/mol. The van der Waals surface area contributed by atoms with Gasteiger partial charge in [-0.2, -0.15) is 13.2 Å². The summed E-state index contributed by atoms with van der Waals surface area (Å²) >= 11 is 0. The van der Waals surface area contributed by atoms with Crippen LogP contribution in [-0.4, -0.2) is 35.8 Å². The van der Waals surface area contributed by atoms with E-state index >= 15 is 0 Å². The second-order valence-corrected chi connectivity index (χ2v) is 10.6. The molecule has 1 fully saturated rings. The molecule has 5 rings (SSSR count). The highest BCUT2D eigenvalue weighted by atomic mass is 19.4. The van der Waals surface area contributed by atoms with Crippen LogP contribution in [0.1, 0.15) is 51.1 Å². The molecule has 236 valence electrons. The van der Waals surface area contributed by atoms with Gasteiger partial charge >= 0.3 is 12.1 Å². The lowest BCUT2D eigenvalue weighted by atomic mass is 9.96. The summed E-state index contributed by atoms with van der Waals surface area (Å²) in [6.07, 6.45) is 7.72. The molecule has 0 amide bonds. The van der Waals surface area contributed by atoms with E-state index in [1.54, 1.807) is 19.4 Å². The van der Waals surface area contributed by atoms with Crippen molar-refractivity contribution in [3.63, 3.8) is 0 Å². The summed E-state index contributed by atoms with van der Waals surface area (Å²) in [6, 6.07) is 19.5. The summed E-state index contributed by atoms with van der Waals surface area (Å²) in [5, 5.41) is 12.3. The molecule has 1 saturated heterocycles. The molecular formula is C36H36F4N2O3. The lowest BCUT2D eigenvalue weighted by molar-refractivity contribution is -0.137. The van der Waals surface area contributed by atoms with Gasteiger partial charge in [0.1, 0.15) is 18.1 Å². The summed E-state index contributed by atoms with van der Waals surface area (Å²) < 4.78 is 56.1. The first kappa shape index (κ1) is 34.8. The number of nitrogens with one attached hydrogen (secondary N) is 1. The van der Waals surface area contributed by atoms with Gasteiger partial charge in [-0.25, -0.2) is 14.2 Å². The standard InChI is InChI=1S/C21H19NO3.C13H15F4N.C2H2/c1-13-4-6-15(7-5-13)17-11-16(8-9-20(17)25-3)18-12-22-19(21(23)24)10-14(18)2;14-8-10-4-9(7-12-2-1-3-18-12)5-11(6-10)13(15,16)17;1-2/h4-12H,1-3H3,(H,23,24);4-6,12,18H,1-3,7-8H2;1-2H. The number of ether oxygens (including phenoxy) is 1. The van der Waals surface area contributed by atoms with E-state index in [2.05, 4.69) is 54.3 Å². The Kier molecular flexibility index (Phi) is 12.3. The van der Waals surface area contributed by atoms with Crippen LogP contribution in [0.3, 0.4) is 0 Å². The Labute approximate surface area is 261 Å². The predicted octanol–water partition coefficient (Wildman–Crippen LogP) is 8.46. The molecule has 0 saturated carbocycles. The smallest absolute Gasteiger partial charge is 0.416 e. The van der Waals surface area contributed by atoms with Crippen LogP contribution in [0.25, 0.3) is 22.3 Å². The van der Waals surface area contributed by atoms with Gasteiger partial charge in [-0.3, -0.25) is 0 Å². The van der Waals surface area contributed by atoms with E-state index in [0.29, 0.717) is 12.0 Å². The molecule has 1 aliphatic rings. The van der Waals surface area contributed by atoms with Gasteiger partial charge in [-0.1, -0.05) is 42.0 Å². The Morgan fingerprint density at radius 3 is 2.20 bits per heavy atom. The number of hydrogen-bond donors (Lipinski definition) is 2. The Morgan fingerprint density at radius 2 is 1.64 bits per heavy atom. The van der Waals surface area contributed by atoms with E-state index in [0.717, 1.165) is 65.1 Å². The molecule has 9 heteroatoms. The molecule has 2 heterocycles. The average molecular weight is 621 g/mol. The molecule has 1 unspecified atom stereocenters. The number of terminal acetylenes is 1. The van der Waals surface area contributed by atoms with Crippen LogP contribution in [0, 0.1) is 26.7 Å². The minimum Gasteiger partial charge on any atom is -0.496 e. The fraction of sp³-hybridized carbons (Fsp3) is 0.278. The van der Waals surface area contributed by atoms with Crippen molar-refractivity contribution >= 4 is 5.97 Å². The van der Waals surface area contributed by atoms with Crippen molar-refractivity contribution in [1.29, 1.82) is 0 Å². The van der Waals surface area contributed by atoms with E-state index in [1.165, 1.54) is 11.6 Å². The third-order valence-electron chi connectivity index (χ3n) is 7.38. The molecule has 45 heavy (non-hydrogen) atoms. The van der Waals surface area contributed by atoms with Gasteiger partial charge in [0.2, 0.25) is 0 Å². The molecule has 1 aliphatic heterocycles. The minimum atomic E-state index is -4.41. The normalized spacial score (nSPS) is 14.0. The molecule has 1 aromatic heterocycles. The lowest BCUT2D eigenvalue weighted by Gasteiger charge is -2.14. The van der Waals surface area contributed by atoms with Crippen LogP contribution < -0.4 is 10.1 Å². The number of halogens is 4. The van der Waals surface area contributed by atoms with Gasteiger partial charge in [0, 0.05) is 23.4 Å². The van der Waals surface area contributed by atoms with Gasteiger partial charge in [0.05, 0.1) is 12.7 Å². The van der Waals surface area contributed by atoms with Crippen LogP contribution in [0.5, 0.6) is 5.75 Å². The predicted molar refractivity (Wildman–Crippen MR) is 169 cm³/mol. The fourth-order valence-electron chi connectivity index (χ4n) is 5.15. The number of rotatable bonds is 7. The average Bonchev–Trinajstić information content (AvgIpc) is 3.55. The summed E-state index contributed by atoms with van der Waals surface area (Å²) in [4.78, 5) is 15.1. The third-order valence-corrected chi connectivity index (χ3v) is 7.38. The molecule has 1 atom stereocenters. The van der Waals surface area contributed by atoms with Gasteiger partial charge in [0.15, 0.2) is 0 Å². The van der Waals surface area contributed by atoms with Crippen molar-refractivity contribution in [3.05, 3.63) is 106 Å². The number of carbonyl (C=O) groups is 1. The second kappa shape index (κ2) is 15.9. The van der Waals surface area contributed by atoms with Crippen LogP contribution in [-0.2, 0) is 19.3 Å². The SMILES string of the molecule is C#C.COc1ccc(-c2cnc(C(=O)O)cc2C)cc1-c1ccc(C)cc1.FCc1cc(CC2CCCN2)cc(C(F)(F)F)c1. The van der Waals surface area contributed by atoms with Gasteiger partial charge < -0.3 is 15.2 Å². The largest absolute Gasteiger partial charge is 0.496 e. The number of aromatic nitrogens is 1. The number of aryl methyl sites for hydroxylation is 2. The number of methoxy groups -OCH3 is 1. The first-order valence-corrected chi connectivity index (χ1v) is 14.3. The molecule has 2 N–H and O–H groups in total. The fourth-order valence-corrected chi connectivity index (χ4v) is 5.15. The molecule has 0 radical (unpaired) electrons. The first-order valence-electron chi connectivity index (χ1n) is 14.3. The van der Waals surface area contributed by atoms with E-state index in [-0.39, 0.29) is 17.3 Å². The molecule has 4 aromatic rings.